The van der Waals surface area contributed by atoms with Gasteiger partial charge in [-0.25, -0.2) is 13.2 Å². The van der Waals surface area contributed by atoms with Crippen molar-refractivity contribution in [3.63, 3.8) is 0 Å². The summed E-state index contributed by atoms with van der Waals surface area (Å²) in [4.78, 5) is 0. The van der Waals surface area contributed by atoms with Crippen LogP contribution in [0.2, 0.25) is 0 Å². The minimum atomic E-state index is -1.38. The van der Waals surface area contributed by atoms with E-state index in [4.69, 9.17) is 0 Å². The first-order chi connectivity index (χ1) is 7.59. The third-order valence-corrected chi connectivity index (χ3v) is 3.06. The van der Waals surface area contributed by atoms with Crippen LogP contribution >= 0.6 is 0 Å². The Hall–Kier alpha value is -1.03. The van der Waals surface area contributed by atoms with Gasteiger partial charge in [0.25, 0.3) is 0 Å². The van der Waals surface area contributed by atoms with Crippen molar-refractivity contribution in [3.05, 3.63) is 35.1 Å². The summed E-state index contributed by atoms with van der Waals surface area (Å²) in [5, 5.41) is 3.19. The molecule has 0 radical (unpaired) electrons. The molecule has 0 amide bonds. The number of nitrogens with one attached hydrogen (secondary N) is 1. The van der Waals surface area contributed by atoms with E-state index in [1.54, 1.807) is 0 Å². The Kier molecular flexibility index (Phi) is 3.19. The van der Waals surface area contributed by atoms with E-state index in [0.29, 0.717) is 0 Å². The third-order valence-electron chi connectivity index (χ3n) is 3.06. The second-order valence-electron chi connectivity index (χ2n) is 4.32. The fourth-order valence-corrected chi connectivity index (χ4v) is 2.19. The van der Waals surface area contributed by atoms with Gasteiger partial charge in [0, 0.05) is 17.6 Å². The fourth-order valence-electron chi connectivity index (χ4n) is 2.19. The van der Waals surface area contributed by atoms with Crippen molar-refractivity contribution in [3.8, 4) is 0 Å². The first kappa shape index (κ1) is 11.5. The molecule has 0 aromatic heterocycles. The van der Waals surface area contributed by atoms with E-state index in [9.17, 15) is 13.2 Å². The molecule has 1 aromatic rings. The van der Waals surface area contributed by atoms with E-state index in [2.05, 4.69) is 5.32 Å². The van der Waals surface area contributed by atoms with Gasteiger partial charge < -0.3 is 5.32 Å². The maximum Gasteiger partial charge on any atom is 0.194 e. The van der Waals surface area contributed by atoms with Gasteiger partial charge in [-0.2, -0.15) is 0 Å². The lowest BCUT2D eigenvalue weighted by atomic mass is 9.93. The topological polar surface area (TPSA) is 12.0 Å². The number of halogens is 3. The highest BCUT2D eigenvalue weighted by molar-refractivity contribution is 5.24. The van der Waals surface area contributed by atoms with Crippen LogP contribution in [0.15, 0.2) is 12.1 Å². The van der Waals surface area contributed by atoms with Gasteiger partial charge in [0.05, 0.1) is 0 Å². The van der Waals surface area contributed by atoms with Gasteiger partial charge in [0.1, 0.15) is 0 Å². The minimum Gasteiger partial charge on any atom is -0.307 e. The Morgan fingerprint density at radius 3 is 2.56 bits per heavy atom. The molecule has 1 N–H and O–H groups in total. The summed E-state index contributed by atoms with van der Waals surface area (Å²) in [6.45, 7) is 2.00. The van der Waals surface area contributed by atoms with Crippen LogP contribution in [0.25, 0.3) is 0 Å². The van der Waals surface area contributed by atoms with Crippen LogP contribution in [-0.4, -0.2) is 6.04 Å². The average molecular weight is 229 g/mol. The summed E-state index contributed by atoms with van der Waals surface area (Å²) in [6, 6.07) is 2.38. The molecule has 1 fully saturated rings. The highest BCUT2D eigenvalue weighted by atomic mass is 19.2. The molecule has 1 aliphatic rings. The second-order valence-corrected chi connectivity index (χ2v) is 4.32. The van der Waals surface area contributed by atoms with Crippen molar-refractivity contribution in [2.75, 3.05) is 0 Å². The lowest BCUT2D eigenvalue weighted by Gasteiger charge is -2.29. The highest BCUT2D eigenvalue weighted by Crippen LogP contribution is 2.28. The molecule has 1 heterocycles. The van der Waals surface area contributed by atoms with Gasteiger partial charge in [-0.3, -0.25) is 0 Å². The molecular formula is C12H14F3N. The van der Waals surface area contributed by atoms with Crippen LogP contribution in [0.3, 0.4) is 0 Å². The molecule has 0 spiro atoms. The molecule has 4 heteroatoms. The third kappa shape index (κ3) is 2.07. The molecule has 1 saturated heterocycles. The van der Waals surface area contributed by atoms with Crippen LogP contribution in [0.4, 0.5) is 13.2 Å². The molecule has 16 heavy (non-hydrogen) atoms. The lowest BCUT2D eigenvalue weighted by molar-refractivity contribution is 0.328. The minimum absolute atomic E-state index is 0.209. The van der Waals surface area contributed by atoms with Crippen molar-refractivity contribution in [1.82, 2.24) is 5.32 Å². The summed E-state index contributed by atoms with van der Waals surface area (Å²) in [7, 11) is 0. The van der Waals surface area contributed by atoms with E-state index >= 15 is 0 Å². The van der Waals surface area contributed by atoms with Crippen molar-refractivity contribution < 1.29 is 13.2 Å². The predicted octanol–water partition coefficient (Wildman–Crippen LogP) is 3.31. The van der Waals surface area contributed by atoms with E-state index in [-0.39, 0.29) is 17.6 Å². The zero-order valence-electron chi connectivity index (χ0n) is 9.06. The van der Waals surface area contributed by atoms with Crippen LogP contribution in [-0.2, 0) is 0 Å². The Morgan fingerprint density at radius 2 is 1.88 bits per heavy atom. The molecule has 2 unspecified atom stereocenters. The lowest BCUT2D eigenvalue weighted by Crippen LogP contribution is -2.35. The molecule has 1 nitrogen and oxygen atoms in total. The Labute approximate surface area is 92.7 Å². The van der Waals surface area contributed by atoms with E-state index in [0.717, 1.165) is 25.3 Å². The standard InChI is InChI=1S/C12H14F3N/c1-7-3-2-4-10(16-7)8-5-6-9(13)12(15)11(8)14/h5-7,10,16H,2-4H2,1H3. The van der Waals surface area contributed by atoms with Gasteiger partial charge >= 0.3 is 0 Å². The van der Waals surface area contributed by atoms with Crippen LogP contribution in [0, 0.1) is 17.5 Å². The molecule has 0 aliphatic carbocycles. The van der Waals surface area contributed by atoms with Crippen LogP contribution in [0.5, 0.6) is 0 Å². The number of benzene rings is 1. The Morgan fingerprint density at radius 1 is 1.12 bits per heavy atom. The average Bonchev–Trinajstić information content (AvgIpc) is 2.26. The van der Waals surface area contributed by atoms with Gasteiger partial charge in [-0.15, -0.1) is 0 Å². The molecule has 0 bridgehead atoms. The summed E-state index contributed by atoms with van der Waals surface area (Å²) in [5.41, 5.74) is 0.227. The molecule has 2 rings (SSSR count). The maximum atomic E-state index is 13.5. The first-order valence-corrected chi connectivity index (χ1v) is 5.49. The number of hydrogen-bond donors (Lipinski definition) is 1. The Bertz CT molecular complexity index is 392. The van der Waals surface area contributed by atoms with E-state index < -0.39 is 17.5 Å². The summed E-state index contributed by atoms with van der Waals surface area (Å²) in [6.07, 6.45) is 2.76. The van der Waals surface area contributed by atoms with Crippen molar-refractivity contribution in [2.24, 2.45) is 0 Å². The molecule has 1 aliphatic heterocycles. The normalized spacial score (nSPS) is 25.8. The largest absolute Gasteiger partial charge is 0.307 e. The number of rotatable bonds is 1. The van der Waals surface area contributed by atoms with Crippen molar-refractivity contribution in [1.29, 1.82) is 0 Å². The zero-order valence-corrected chi connectivity index (χ0v) is 9.06. The summed E-state index contributed by atoms with van der Waals surface area (Å²) in [5.74, 6) is -3.57. The number of piperidine rings is 1. The molecule has 88 valence electrons. The van der Waals surface area contributed by atoms with Gasteiger partial charge in [-0.1, -0.05) is 12.5 Å². The molecule has 2 atom stereocenters. The first-order valence-electron chi connectivity index (χ1n) is 5.49. The predicted molar refractivity (Wildman–Crippen MR) is 55.5 cm³/mol. The van der Waals surface area contributed by atoms with Crippen molar-refractivity contribution >= 4 is 0 Å². The monoisotopic (exact) mass is 229 g/mol. The fraction of sp³-hybridized carbons (Fsp3) is 0.500. The quantitative estimate of drug-likeness (QED) is 0.728. The molecule has 1 aromatic carbocycles. The van der Waals surface area contributed by atoms with E-state index in [1.807, 2.05) is 6.92 Å². The van der Waals surface area contributed by atoms with Gasteiger partial charge in [-0.05, 0) is 25.8 Å². The number of hydrogen-bond acceptors (Lipinski definition) is 1. The Balaban J connectivity index is 2.29. The van der Waals surface area contributed by atoms with Crippen LogP contribution < -0.4 is 5.32 Å². The summed E-state index contributed by atoms with van der Waals surface area (Å²) >= 11 is 0. The molecule has 0 saturated carbocycles. The van der Waals surface area contributed by atoms with E-state index in [1.165, 1.54) is 6.07 Å². The van der Waals surface area contributed by atoms with Gasteiger partial charge in [0.2, 0.25) is 0 Å². The molecular weight excluding hydrogens is 215 g/mol. The van der Waals surface area contributed by atoms with Crippen molar-refractivity contribution in [2.45, 2.75) is 38.3 Å². The smallest absolute Gasteiger partial charge is 0.194 e. The SMILES string of the molecule is CC1CCCC(c2ccc(F)c(F)c2F)N1. The summed E-state index contributed by atoms with van der Waals surface area (Å²) < 4.78 is 39.4. The highest BCUT2D eigenvalue weighted by Gasteiger charge is 2.24. The van der Waals surface area contributed by atoms with Gasteiger partial charge in [0.15, 0.2) is 17.5 Å². The second kappa shape index (κ2) is 4.45. The van der Waals surface area contributed by atoms with Crippen LogP contribution in [0.1, 0.15) is 37.8 Å². The zero-order chi connectivity index (χ0) is 11.7. The maximum absolute atomic E-state index is 13.5.